The lowest BCUT2D eigenvalue weighted by molar-refractivity contribution is 0.518. The maximum atomic E-state index is 8.43. The maximum Gasteiger partial charge on any atom is 0.0924 e. The lowest BCUT2D eigenvalue weighted by atomic mass is 10.1. The fourth-order valence-corrected chi connectivity index (χ4v) is 0.875. The first-order chi connectivity index (χ1) is 5.16. The van der Waals surface area contributed by atoms with E-state index in [9.17, 15) is 0 Å². The Morgan fingerprint density at radius 3 is 2.45 bits per heavy atom. The van der Waals surface area contributed by atoms with Gasteiger partial charge in [-0.1, -0.05) is 13.8 Å². The molecule has 0 aliphatic carbocycles. The van der Waals surface area contributed by atoms with Crippen molar-refractivity contribution in [1.29, 1.82) is 5.26 Å². The third kappa shape index (κ3) is 7.35. The van der Waals surface area contributed by atoms with E-state index < -0.39 is 0 Å². The van der Waals surface area contributed by atoms with E-state index in [1.807, 2.05) is 6.92 Å². The minimum Gasteiger partial charge on any atom is -0.302 e. The molecule has 0 aromatic heterocycles. The van der Waals surface area contributed by atoms with Crippen LogP contribution in [0.4, 0.5) is 0 Å². The number of nitriles is 1. The Hall–Kier alpha value is -0.550. The number of hydrogen-bond acceptors (Lipinski definition) is 2. The predicted octanol–water partition coefficient (Wildman–Crippen LogP) is 1.92. The fraction of sp³-hybridized carbons (Fsp3) is 0.889. The van der Waals surface area contributed by atoms with Gasteiger partial charge in [0.15, 0.2) is 0 Å². The minimum atomic E-state index is 0.00200. The number of hydrogen-bond donors (Lipinski definition) is 1. The molecule has 1 unspecified atom stereocenters. The first-order valence-electron chi connectivity index (χ1n) is 4.29. The highest BCUT2D eigenvalue weighted by Crippen LogP contribution is 2.01. The molecule has 0 amide bonds. The van der Waals surface area contributed by atoms with Crippen LogP contribution in [-0.2, 0) is 0 Å². The van der Waals surface area contributed by atoms with Crippen molar-refractivity contribution in [3.05, 3.63) is 0 Å². The van der Waals surface area contributed by atoms with Gasteiger partial charge in [-0.2, -0.15) is 5.26 Å². The van der Waals surface area contributed by atoms with Crippen molar-refractivity contribution in [3.63, 3.8) is 0 Å². The van der Waals surface area contributed by atoms with Crippen LogP contribution >= 0.6 is 0 Å². The summed E-state index contributed by atoms with van der Waals surface area (Å²) in [6.07, 6.45) is 2.41. The van der Waals surface area contributed by atoms with Gasteiger partial charge in [0, 0.05) is 0 Å². The fourth-order valence-electron chi connectivity index (χ4n) is 0.875. The van der Waals surface area contributed by atoms with Crippen LogP contribution in [0, 0.1) is 17.2 Å². The van der Waals surface area contributed by atoms with E-state index in [1.54, 1.807) is 0 Å². The van der Waals surface area contributed by atoms with E-state index in [0.29, 0.717) is 0 Å². The van der Waals surface area contributed by atoms with Crippen LogP contribution in [0.5, 0.6) is 0 Å². The number of nitrogens with one attached hydrogen (secondary N) is 1. The Morgan fingerprint density at radius 2 is 2.00 bits per heavy atom. The van der Waals surface area contributed by atoms with E-state index in [0.717, 1.165) is 12.5 Å². The summed E-state index contributed by atoms with van der Waals surface area (Å²) < 4.78 is 0. The molecule has 0 radical (unpaired) electrons. The normalized spacial score (nSPS) is 13.0. The van der Waals surface area contributed by atoms with Gasteiger partial charge in [0.25, 0.3) is 0 Å². The molecule has 0 bridgehead atoms. The quantitative estimate of drug-likeness (QED) is 0.614. The van der Waals surface area contributed by atoms with E-state index in [4.69, 9.17) is 5.26 Å². The van der Waals surface area contributed by atoms with Gasteiger partial charge in [-0.25, -0.2) is 0 Å². The van der Waals surface area contributed by atoms with Crippen molar-refractivity contribution in [2.24, 2.45) is 5.92 Å². The monoisotopic (exact) mass is 154 g/mol. The Bertz CT molecular complexity index is 124. The van der Waals surface area contributed by atoms with Gasteiger partial charge in [-0.15, -0.1) is 0 Å². The predicted molar refractivity (Wildman–Crippen MR) is 47.1 cm³/mol. The van der Waals surface area contributed by atoms with Crippen molar-refractivity contribution in [2.75, 3.05) is 6.54 Å². The standard InChI is InChI=1S/C9H18N2/c1-8(2)5-4-6-11-9(3)7-10/h8-9,11H,4-6H2,1-3H3. The van der Waals surface area contributed by atoms with Crippen LogP contribution in [0.25, 0.3) is 0 Å². The molecule has 0 saturated heterocycles. The lowest BCUT2D eigenvalue weighted by Crippen LogP contribution is -2.25. The number of rotatable bonds is 5. The molecule has 0 fully saturated rings. The lowest BCUT2D eigenvalue weighted by Gasteiger charge is -2.06. The molecule has 0 aromatic rings. The van der Waals surface area contributed by atoms with Gasteiger partial charge in [-0.05, 0) is 32.2 Å². The second-order valence-corrected chi connectivity index (χ2v) is 3.34. The molecule has 0 heterocycles. The van der Waals surface area contributed by atoms with Gasteiger partial charge in [0.2, 0.25) is 0 Å². The Kier molecular flexibility index (Phi) is 5.87. The van der Waals surface area contributed by atoms with Crippen molar-refractivity contribution >= 4 is 0 Å². The molecule has 2 nitrogen and oxygen atoms in total. The molecule has 1 atom stereocenters. The smallest absolute Gasteiger partial charge is 0.0924 e. The highest BCUT2D eigenvalue weighted by atomic mass is 14.9. The minimum absolute atomic E-state index is 0.00200. The molecule has 0 aromatic carbocycles. The summed E-state index contributed by atoms with van der Waals surface area (Å²) in [5, 5.41) is 11.6. The van der Waals surface area contributed by atoms with Crippen molar-refractivity contribution in [2.45, 2.75) is 39.7 Å². The third-order valence-electron chi connectivity index (χ3n) is 1.60. The van der Waals surface area contributed by atoms with Crippen LogP contribution in [0.3, 0.4) is 0 Å². The first kappa shape index (κ1) is 10.4. The summed E-state index contributed by atoms with van der Waals surface area (Å²) in [5.41, 5.74) is 0. The van der Waals surface area contributed by atoms with E-state index in [-0.39, 0.29) is 6.04 Å². The van der Waals surface area contributed by atoms with Gasteiger partial charge < -0.3 is 5.32 Å². The molecule has 0 rings (SSSR count). The molecule has 0 spiro atoms. The zero-order chi connectivity index (χ0) is 8.69. The van der Waals surface area contributed by atoms with Crippen LogP contribution < -0.4 is 5.32 Å². The van der Waals surface area contributed by atoms with E-state index in [2.05, 4.69) is 25.2 Å². The highest BCUT2D eigenvalue weighted by molar-refractivity contribution is 4.84. The summed E-state index contributed by atoms with van der Waals surface area (Å²) in [4.78, 5) is 0. The van der Waals surface area contributed by atoms with Gasteiger partial charge in [0.1, 0.15) is 0 Å². The molecule has 1 N–H and O–H groups in total. The molecule has 0 aliphatic rings. The van der Waals surface area contributed by atoms with Gasteiger partial charge in [-0.3, -0.25) is 0 Å². The van der Waals surface area contributed by atoms with Crippen LogP contribution in [0.15, 0.2) is 0 Å². The van der Waals surface area contributed by atoms with Crippen LogP contribution in [0.2, 0.25) is 0 Å². The van der Waals surface area contributed by atoms with Crippen LogP contribution in [0.1, 0.15) is 33.6 Å². The SMILES string of the molecule is CC(C)CCCNC(C)C#N. The van der Waals surface area contributed by atoms with Crippen molar-refractivity contribution in [3.8, 4) is 6.07 Å². The third-order valence-corrected chi connectivity index (χ3v) is 1.60. The van der Waals surface area contributed by atoms with Gasteiger partial charge >= 0.3 is 0 Å². The zero-order valence-electron chi connectivity index (χ0n) is 7.72. The molecular weight excluding hydrogens is 136 g/mol. The van der Waals surface area contributed by atoms with Gasteiger partial charge in [0.05, 0.1) is 12.1 Å². The summed E-state index contributed by atoms with van der Waals surface area (Å²) in [5.74, 6) is 0.772. The van der Waals surface area contributed by atoms with E-state index in [1.165, 1.54) is 12.8 Å². The largest absolute Gasteiger partial charge is 0.302 e. The summed E-state index contributed by atoms with van der Waals surface area (Å²) >= 11 is 0. The highest BCUT2D eigenvalue weighted by Gasteiger charge is 1.97. The summed E-state index contributed by atoms with van der Waals surface area (Å²) in [6.45, 7) is 7.28. The van der Waals surface area contributed by atoms with Crippen molar-refractivity contribution < 1.29 is 0 Å². The molecule has 0 saturated carbocycles. The van der Waals surface area contributed by atoms with Crippen molar-refractivity contribution in [1.82, 2.24) is 5.32 Å². The van der Waals surface area contributed by atoms with Crippen LogP contribution in [-0.4, -0.2) is 12.6 Å². The number of nitrogens with zero attached hydrogens (tertiary/aromatic N) is 1. The Balaban J connectivity index is 3.10. The molecule has 0 aliphatic heterocycles. The summed E-state index contributed by atoms with van der Waals surface area (Å²) in [6, 6.07) is 2.14. The first-order valence-corrected chi connectivity index (χ1v) is 4.29. The topological polar surface area (TPSA) is 35.8 Å². The Morgan fingerprint density at radius 1 is 1.36 bits per heavy atom. The van der Waals surface area contributed by atoms with E-state index >= 15 is 0 Å². The average molecular weight is 154 g/mol. The molecule has 64 valence electrons. The second kappa shape index (κ2) is 6.18. The maximum absolute atomic E-state index is 8.43. The summed E-state index contributed by atoms with van der Waals surface area (Å²) in [7, 11) is 0. The molecular formula is C9H18N2. The molecule has 11 heavy (non-hydrogen) atoms. The zero-order valence-corrected chi connectivity index (χ0v) is 7.72. The molecule has 2 heteroatoms. The average Bonchev–Trinajstić information content (AvgIpc) is 1.97. The Labute approximate surface area is 69.6 Å². The second-order valence-electron chi connectivity index (χ2n) is 3.34.